The molecular weight excluding hydrogens is 311 g/mol. The van der Waals surface area contributed by atoms with Crippen LogP contribution in [0.15, 0.2) is 18.2 Å². The van der Waals surface area contributed by atoms with E-state index in [-0.39, 0.29) is 18.6 Å². The second-order valence-corrected chi connectivity index (χ2v) is 6.29. The Kier molecular flexibility index (Phi) is 5.73. The highest BCUT2D eigenvalue weighted by Crippen LogP contribution is 2.26. The van der Waals surface area contributed by atoms with Crippen LogP contribution in [0.25, 0.3) is 0 Å². The Morgan fingerprint density at radius 1 is 1.43 bits per heavy atom. The highest BCUT2D eigenvalue weighted by Gasteiger charge is 2.28. The lowest BCUT2D eigenvalue weighted by Gasteiger charge is -2.37. The van der Waals surface area contributed by atoms with Crippen molar-refractivity contribution in [2.24, 2.45) is 11.7 Å². The van der Waals surface area contributed by atoms with E-state index in [9.17, 15) is 4.79 Å². The van der Waals surface area contributed by atoms with Gasteiger partial charge in [0, 0.05) is 25.2 Å². The van der Waals surface area contributed by atoms with Crippen LogP contribution >= 0.6 is 23.2 Å². The number of hydrogen-bond acceptors (Lipinski definition) is 3. The monoisotopic (exact) mass is 330 g/mol. The SMILES string of the molecule is CC1CCN(C(=O)COc2ccc(Cl)c(Cl)c2)C(CN)C1. The first-order valence-corrected chi connectivity index (χ1v) is 7.84. The number of halogens is 2. The average molecular weight is 331 g/mol. The zero-order valence-electron chi connectivity index (χ0n) is 12.0. The van der Waals surface area contributed by atoms with Crippen LogP contribution in [0.1, 0.15) is 19.8 Å². The zero-order chi connectivity index (χ0) is 15.4. The number of amides is 1. The van der Waals surface area contributed by atoms with Crippen molar-refractivity contribution in [3.63, 3.8) is 0 Å². The number of hydrogen-bond donors (Lipinski definition) is 1. The molecule has 116 valence electrons. The Bertz CT molecular complexity index is 510. The summed E-state index contributed by atoms with van der Waals surface area (Å²) >= 11 is 11.8. The summed E-state index contributed by atoms with van der Waals surface area (Å²) in [7, 11) is 0. The van der Waals surface area contributed by atoms with E-state index in [0.29, 0.717) is 28.3 Å². The summed E-state index contributed by atoms with van der Waals surface area (Å²) in [4.78, 5) is 14.1. The van der Waals surface area contributed by atoms with Crippen molar-refractivity contribution in [1.82, 2.24) is 4.90 Å². The fraction of sp³-hybridized carbons (Fsp3) is 0.533. The van der Waals surface area contributed by atoms with Crippen molar-refractivity contribution in [1.29, 1.82) is 0 Å². The minimum atomic E-state index is -0.0385. The van der Waals surface area contributed by atoms with Crippen molar-refractivity contribution < 1.29 is 9.53 Å². The van der Waals surface area contributed by atoms with Crippen molar-refractivity contribution >= 4 is 29.1 Å². The normalized spacial score (nSPS) is 22.2. The molecule has 4 nitrogen and oxygen atoms in total. The standard InChI is InChI=1S/C15H20Cl2N2O2/c1-10-4-5-19(11(6-10)8-18)15(20)9-21-12-2-3-13(16)14(17)7-12/h2-3,7,10-11H,4-6,8-9,18H2,1H3. The lowest BCUT2D eigenvalue weighted by atomic mass is 9.92. The van der Waals surface area contributed by atoms with Gasteiger partial charge < -0.3 is 15.4 Å². The van der Waals surface area contributed by atoms with E-state index < -0.39 is 0 Å². The molecule has 21 heavy (non-hydrogen) atoms. The van der Waals surface area contributed by atoms with Crippen molar-refractivity contribution in [2.75, 3.05) is 19.7 Å². The van der Waals surface area contributed by atoms with Gasteiger partial charge in [-0.15, -0.1) is 0 Å². The minimum Gasteiger partial charge on any atom is -0.484 e. The summed E-state index contributed by atoms with van der Waals surface area (Å²) < 4.78 is 5.50. The molecule has 0 saturated carbocycles. The second-order valence-electron chi connectivity index (χ2n) is 5.47. The van der Waals surface area contributed by atoms with E-state index in [2.05, 4.69) is 6.92 Å². The smallest absolute Gasteiger partial charge is 0.260 e. The molecular formula is C15H20Cl2N2O2. The number of nitrogens with two attached hydrogens (primary N) is 1. The summed E-state index contributed by atoms with van der Waals surface area (Å²) in [5, 5.41) is 0.872. The maximum atomic E-state index is 12.3. The van der Waals surface area contributed by atoms with Crippen LogP contribution in [0, 0.1) is 5.92 Å². The van der Waals surface area contributed by atoms with Crippen molar-refractivity contribution in [2.45, 2.75) is 25.8 Å². The quantitative estimate of drug-likeness (QED) is 0.923. The van der Waals surface area contributed by atoms with Gasteiger partial charge in [0.1, 0.15) is 5.75 Å². The largest absolute Gasteiger partial charge is 0.484 e. The number of carbonyl (C=O) groups excluding carboxylic acids is 1. The molecule has 1 fully saturated rings. The number of piperidine rings is 1. The molecule has 2 N–H and O–H groups in total. The van der Waals surface area contributed by atoms with Gasteiger partial charge in [-0.25, -0.2) is 0 Å². The van der Waals surface area contributed by atoms with Gasteiger partial charge in [0.2, 0.25) is 0 Å². The minimum absolute atomic E-state index is 0.0111. The predicted molar refractivity (Wildman–Crippen MR) is 84.9 cm³/mol. The summed E-state index contributed by atoms with van der Waals surface area (Å²) in [5.41, 5.74) is 5.77. The van der Waals surface area contributed by atoms with Gasteiger partial charge in [0.05, 0.1) is 10.0 Å². The Labute approximate surface area is 135 Å². The third-order valence-corrected chi connectivity index (χ3v) is 4.56. The Morgan fingerprint density at radius 2 is 2.19 bits per heavy atom. The Balaban J connectivity index is 1.93. The van der Waals surface area contributed by atoms with E-state index >= 15 is 0 Å². The molecule has 6 heteroatoms. The summed E-state index contributed by atoms with van der Waals surface area (Å²) in [5.74, 6) is 1.11. The average Bonchev–Trinajstić information content (AvgIpc) is 2.48. The first-order chi connectivity index (χ1) is 10.0. The molecule has 1 saturated heterocycles. The molecule has 1 aliphatic heterocycles. The van der Waals surface area contributed by atoms with Crippen molar-refractivity contribution in [3.05, 3.63) is 28.2 Å². The van der Waals surface area contributed by atoms with Gasteiger partial charge in [-0.2, -0.15) is 0 Å². The second kappa shape index (κ2) is 7.34. The highest BCUT2D eigenvalue weighted by molar-refractivity contribution is 6.42. The lowest BCUT2D eigenvalue weighted by molar-refractivity contribution is -0.137. The van der Waals surface area contributed by atoms with Crippen LogP contribution in [-0.4, -0.2) is 36.5 Å². The predicted octanol–water partition coefficient (Wildman–Crippen LogP) is 2.96. The fourth-order valence-electron chi connectivity index (χ4n) is 2.60. The lowest BCUT2D eigenvalue weighted by Crippen LogP contribution is -2.50. The van der Waals surface area contributed by atoms with Crippen LogP contribution in [0.4, 0.5) is 0 Å². The molecule has 1 aliphatic rings. The zero-order valence-corrected chi connectivity index (χ0v) is 13.5. The van der Waals surface area contributed by atoms with E-state index in [1.165, 1.54) is 0 Å². The molecule has 0 radical (unpaired) electrons. The van der Waals surface area contributed by atoms with Crippen LogP contribution in [0.2, 0.25) is 10.0 Å². The third kappa shape index (κ3) is 4.25. The number of benzene rings is 1. The van der Waals surface area contributed by atoms with Crippen LogP contribution in [0.5, 0.6) is 5.75 Å². The van der Waals surface area contributed by atoms with Gasteiger partial charge >= 0.3 is 0 Å². The van der Waals surface area contributed by atoms with Gasteiger partial charge in [-0.1, -0.05) is 30.1 Å². The van der Waals surface area contributed by atoms with Crippen molar-refractivity contribution in [3.8, 4) is 5.75 Å². The molecule has 1 heterocycles. The van der Waals surface area contributed by atoms with E-state index in [1.54, 1.807) is 18.2 Å². The number of nitrogens with zero attached hydrogens (tertiary/aromatic N) is 1. The molecule has 2 atom stereocenters. The number of carbonyl (C=O) groups is 1. The molecule has 1 aromatic carbocycles. The molecule has 2 rings (SSSR count). The van der Waals surface area contributed by atoms with Gasteiger partial charge in [0.25, 0.3) is 5.91 Å². The maximum absolute atomic E-state index is 12.3. The molecule has 0 aromatic heterocycles. The molecule has 0 spiro atoms. The summed E-state index contributed by atoms with van der Waals surface area (Å²) in [6.07, 6.45) is 1.96. The number of rotatable bonds is 4. The van der Waals surface area contributed by atoms with Gasteiger partial charge in [0.15, 0.2) is 6.61 Å². The Morgan fingerprint density at radius 3 is 2.86 bits per heavy atom. The summed E-state index contributed by atoms with van der Waals surface area (Å²) in [6.45, 7) is 3.41. The Hall–Kier alpha value is -0.970. The summed E-state index contributed by atoms with van der Waals surface area (Å²) in [6, 6.07) is 5.06. The van der Waals surface area contributed by atoms with E-state index in [4.69, 9.17) is 33.7 Å². The molecule has 1 aromatic rings. The first kappa shape index (κ1) is 16.4. The first-order valence-electron chi connectivity index (χ1n) is 7.08. The molecule has 2 unspecified atom stereocenters. The van der Waals surface area contributed by atoms with Gasteiger partial charge in [-0.05, 0) is 30.9 Å². The van der Waals surface area contributed by atoms with Crippen LogP contribution in [-0.2, 0) is 4.79 Å². The fourth-order valence-corrected chi connectivity index (χ4v) is 2.89. The third-order valence-electron chi connectivity index (χ3n) is 3.82. The number of likely N-dealkylation sites (tertiary alicyclic amines) is 1. The van der Waals surface area contributed by atoms with E-state index in [1.807, 2.05) is 4.90 Å². The highest BCUT2D eigenvalue weighted by atomic mass is 35.5. The van der Waals surface area contributed by atoms with Crippen LogP contribution in [0.3, 0.4) is 0 Å². The topological polar surface area (TPSA) is 55.6 Å². The van der Waals surface area contributed by atoms with E-state index in [0.717, 1.165) is 19.4 Å². The number of ether oxygens (including phenoxy) is 1. The maximum Gasteiger partial charge on any atom is 0.260 e. The van der Waals surface area contributed by atoms with Crippen LogP contribution < -0.4 is 10.5 Å². The molecule has 0 bridgehead atoms. The molecule has 0 aliphatic carbocycles. The van der Waals surface area contributed by atoms with Gasteiger partial charge in [-0.3, -0.25) is 4.79 Å². The molecule has 1 amide bonds.